The van der Waals surface area contributed by atoms with Crippen LogP contribution in [0.3, 0.4) is 0 Å². The summed E-state index contributed by atoms with van der Waals surface area (Å²) in [5.74, 6) is 0.134. The van der Waals surface area contributed by atoms with Crippen LogP contribution < -0.4 is 10.6 Å². The molecule has 2 amide bonds. The van der Waals surface area contributed by atoms with Gasteiger partial charge < -0.3 is 15.3 Å². The van der Waals surface area contributed by atoms with Gasteiger partial charge in [0.15, 0.2) is 5.11 Å². The highest BCUT2D eigenvalue weighted by atomic mass is 32.1. The van der Waals surface area contributed by atoms with Gasteiger partial charge in [-0.15, -0.1) is 0 Å². The van der Waals surface area contributed by atoms with Crippen molar-refractivity contribution < 1.29 is 14.7 Å². The summed E-state index contributed by atoms with van der Waals surface area (Å²) in [6.07, 6.45) is 2.82. The maximum absolute atomic E-state index is 12.1. The molecule has 148 valence electrons. The Morgan fingerprint density at radius 2 is 1.74 bits per heavy atom. The molecule has 1 aliphatic carbocycles. The van der Waals surface area contributed by atoms with Gasteiger partial charge in [-0.3, -0.25) is 10.1 Å². The predicted molar refractivity (Wildman–Crippen MR) is 110 cm³/mol. The maximum Gasteiger partial charge on any atom is 0.407 e. The van der Waals surface area contributed by atoms with Crippen LogP contribution in [0.1, 0.15) is 56.8 Å². The van der Waals surface area contributed by atoms with Crippen molar-refractivity contribution in [3.05, 3.63) is 35.9 Å². The van der Waals surface area contributed by atoms with E-state index in [1.807, 2.05) is 39.0 Å². The molecule has 27 heavy (non-hydrogen) atoms. The summed E-state index contributed by atoms with van der Waals surface area (Å²) in [6.45, 7) is 6.31. The average Bonchev–Trinajstić information content (AvgIpc) is 2.60. The minimum absolute atomic E-state index is 0.206. The summed E-state index contributed by atoms with van der Waals surface area (Å²) in [6, 6.07) is 9.17. The standard InChI is InChI=1S/C20H29N3O3S/c1-20(2,3)23(19(25)26)13-14-9-11-16(12-10-14)21-18(27)22-17(24)15-7-5-4-6-8-15/h4-8,14,16H,9-13H2,1-3H3,(H,25,26)(H2,21,22,24,27). The Labute approximate surface area is 166 Å². The van der Waals surface area contributed by atoms with E-state index in [4.69, 9.17) is 12.2 Å². The third-order valence-electron chi connectivity index (χ3n) is 4.93. The Morgan fingerprint density at radius 1 is 1.15 bits per heavy atom. The molecule has 1 aromatic carbocycles. The first-order valence-corrected chi connectivity index (χ1v) is 9.75. The SMILES string of the molecule is CC(C)(C)N(CC1CCC(NC(=S)NC(=O)c2ccccc2)CC1)C(=O)O. The molecule has 0 heterocycles. The summed E-state index contributed by atoms with van der Waals surface area (Å²) in [5.41, 5.74) is 0.172. The van der Waals surface area contributed by atoms with Gasteiger partial charge in [0.2, 0.25) is 0 Å². The van der Waals surface area contributed by atoms with E-state index < -0.39 is 11.6 Å². The predicted octanol–water partition coefficient (Wildman–Crippen LogP) is 3.63. The minimum atomic E-state index is -0.868. The first kappa shape index (κ1) is 21.2. The van der Waals surface area contributed by atoms with Crippen LogP contribution in [0.25, 0.3) is 0 Å². The Hall–Kier alpha value is -2.15. The molecular weight excluding hydrogens is 362 g/mol. The fourth-order valence-corrected chi connectivity index (χ4v) is 3.63. The Kier molecular flexibility index (Phi) is 7.18. The topological polar surface area (TPSA) is 81.7 Å². The van der Waals surface area contributed by atoms with Crippen LogP contribution in [-0.2, 0) is 0 Å². The molecule has 1 fully saturated rings. The number of rotatable bonds is 4. The van der Waals surface area contributed by atoms with Gasteiger partial charge in [0.25, 0.3) is 5.91 Å². The highest BCUT2D eigenvalue weighted by molar-refractivity contribution is 7.80. The van der Waals surface area contributed by atoms with Gasteiger partial charge in [0.05, 0.1) is 0 Å². The number of nitrogens with zero attached hydrogens (tertiary/aromatic N) is 1. The molecule has 0 radical (unpaired) electrons. The number of benzene rings is 1. The second-order valence-corrected chi connectivity index (χ2v) is 8.48. The number of carboxylic acid groups (broad SMARTS) is 1. The molecule has 2 rings (SSSR count). The zero-order valence-electron chi connectivity index (χ0n) is 16.2. The van der Waals surface area contributed by atoms with E-state index in [1.54, 1.807) is 12.1 Å². The van der Waals surface area contributed by atoms with Gasteiger partial charge in [0, 0.05) is 23.7 Å². The largest absolute Gasteiger partial charge is 0.465 e. The van der Waals surface area contributed by atoms with Gasteiger partial charge in [-0.25, -0.2) is 4.79 Å². The maximum atomic E-state index is 12.1. The van der Waals surface area contributed by atoms with Crippen molar-refractivity contribution in [2.45, 2.75) is 58.0 Å². The molecule has 0 aromatic heterocycles. The van der Waals surface area contributed by atoms with Crippen LogP contribution in [0.2, 0.25) is 0 Å². The first-order valence-electron chi connectivity index (χ1n) is 9.34. The highest BCUT2D eigenvalue weighted by Gasteiger charge is 2.31. The highest BCUT2D eigenvalue weighted by Crippen LogP contribution is 2.27. The zero-order chi connectivity index (χ0) is 20.0. The minimum Gasteiger partial charge on any atom is -0.465 e. The first-order chi connectivity index (χ1) is 12.7. The van der Waals surface area contributed by atoms with Gasteiger partial charge >= 0.3 is 6.09 Å². The fourth-order valence-electron chi connectivity index (χ4n) is 3.37. The molecule has 1 aromatic rings. The number of hydrogen-bond acceptors (Lipinski definition) is 3. The van der Waals surface area contributed by atoms with Gasteiger partial charge in [-0.05, 0) is 76.7 Å². The molecular formula is C20H29N3O3S. The van der Waals surface area contributed by atoms with E-state index >= 15 is 0 Å². The van der Waals surface area contributed by atoms with Crippen molar-refractivity contribution in [1.29, 1.82) is 0 Å². The number of amides is 2. The number of carbonyl (C=O) groups is 2. The number of carbonyl (C=O) groups excluding carboxylic acids is 1. The van der Waals surface area contributed by atoms with E-state index in [0.717, 1.165) is 25.7 Å². The summed E-state index contributed by atoms with van der Waals surface area (Å²) < 4.78 is 0. The third-order valence-corrected chi connectivity index (χ3v) is 5.15. The molecule has 0 atom stereocenters. The summed E-state index contributed by atoms with van der Waals surface area (Å²) in [5, 5.41) is 15.7. The molecule has 0 aliphatic heterocycles. The van der Waals surface area contributed by atoms with Crippen molar-refractivity contribution in [3.63, 3.8) is 0 Å². The molecule has 0 saturated heterocycles. The fraction of sp³-hybridized carbons (Fsp3) is 0.550. The van der Waals surface area contributed by atoms with E-state index in [9.17, 15) is 14.7 Å². The molecule has 1 aliphatic rings. The Morgan fingerprint density at radius 3 is 2.26 bits per heavy atom. The lowest BCUT2D eigenvalue weighted by Gasteiger charge is -2.38. The number of hydrogen-bond donors (Lipinski definition) is 3. The van der Waals surface area contributed by atoms with Crippen molar-refractivity contribution in [3.8, 4) is 0 Å². The second kappa shape index (κ2) is 9.17. The lowest BCUT2D eigenvalue weighted by molar-refractivity contribution is 0.0818. The molecule has 0 spiro atoms. The second-order valence-electron chi connectivity index (χ2n) is 8.08. The van der Waals surface area contributed by atoms with Crippen LogP contribution in [0, 0.1) is 5.92 Å². The lowest BCUT2D eigenvalue weighted by atomic mass is 9.85. The normalized spacial score (nSPS) is 19.8. The molecule has 1 saturated carbocycles. The Bertz CT molecular complexity index is 665. The summed E-state index contributed by atoms with van der Waals surface area (Å²) >= 11 is 5.26. The van der Waals surface area contributed by atoms with Crippen molar-refractivity contribution in [1.82, 2.24) is 15.5 Å². The van der Waals surface area contributed by atoms with E-state index in [-0.39, 0.29) is 11.9 Å². The quantitative estimate of drug-likeness (QED) is 0.683. The van der Waals surface area contributed by atoms with Crippen LogP contribution in [0.4, 0.5) is 4.79 Å². The van der Waals surface area contributed by atoms with Crippen molar-refractivity contribution >= 4 is 29.3 Å². The molecule has 6 nitrogen and oxygen atoms in total. The van der Waals surface area contributed by atoms with E-state index in [2.05, 4.69) is 10.6 Å². The van der Waals surface area contributed by atoms with Gasteiger partial charge in [0.1, 0.15) is 0 Å². The smallest absolute Gasteiger partial charge is 0.407 e. The van der Waals surface area contributed by atoms with Crippen LogP contribution >= 0.6 is 12.2 Å². The van der Waals surface area contributed by atoms with Gasteiger partial charge in [-0.1, -0.05) is 18.2 Å². The van der Waals surface area contributed by atoms with Crippen LogP contribution in [0.15, 0.2) is 30.3 Å². The summed E-state index contributed by atoms with van der Waals surface area (Å²) in [7, 11) is 0. The van der Waals surface area contributed by atoms with Crippen molar-refractivity contribution in [2.75, 3.05) is 6.54 Å². The average molecular weight is 392 g/mol. The van der Waals surface area contributed by atoms with E-state index in [0.29, 0.717) is 23.1 Å². The third kappa shape index (κ3) is 6.50. The number of nitrogens with one attached hydrogen (secondary N) is 2. The number of thiocarbonyl (C=S) groups is 1. The van der Waals surface area contributed by atoms with Crippen LogP contribution in [0.5, 0.6) is 0 Å². The van der Waals surface area contributed by atoms with Crippen molar-refractivity contribution in [2.24, 2.45) is 5.92 Å². The zero-order valence-corrected chi connectivity index (χ0v) is 17.0. The molecule has 7 heteroatoms. The lowest BCUT2D eigenvalue weighted by Crippen LogP contribution is -2.49. The molecule has 3 N–H and O–H groups in total. The summed E-state index contributed by atoms with van der Waals surface area (Å²) in [4.78, 5) is 25.2. The molecule has 0 unspecified atom stereocenters. The molecule has 0 bridgehead atoms. The Balaban J connectivity index is 1.78. The monoisotopic (exact) mass is 391 g/mol. The van der Waals surface area contributed by atoms with E-state index in [1.165, 1.54) is 4.90 Å². The van der Waals surface area contributed by atoms with Gasteiger partial charge in [-0.2, -0.15) is 0 Å². The van der Waals surface area contributed by atoms with Crippen LogP contribution in [-0.4, -0.2) is 45.2 Å².